The fourth-order valence-corrected chi connectivity index (χ4v) is 2.95. The van der Waals surface area contributed by atoms with Gasteiger partial charge in [-0.25, -0.2) is 9.97 Å². The lowest BCUT2D eigenvalue weighted by atomic mass is 10.0. The first kappa shape index (κ1) is 14.6. The van der Waals surface area contributed by atoms with Crippen LogP contribution in [0.15, 0.2) is 30.5 Å². The Morgan fingerprint density at radius 2 is 2.23 bits per heavy atom. The van der Waals surface area contributed by atoms with Crippen molar-refractivity contribution >= 4 is 22.7 Å². The second kappa shape index (κ2) is 6.22. The van der Waals surface area contributed by atoms with E-state index in [2.05, 4.69) is 9.97 Å². The lowest BCUT2D eigenvalue weighted by Gasteiger charge is -2.14. The first-order chi connectivity index (χ1) is 10.6. The van der Waals surface area contributed by atoms with Gasteiger partial charge in [0.05, 0.1) is 6.54 Å². The van der Waals surface area contributed by atoms with Crippen LogP contribution < -0.4 is 0 Å². The van der Waals surface area contributed by atoms with E-state index in [1.165, 1.54) is 6.92 Å². The summed E-state index contributed by atoms with van der Waals surface area (Å²) in [6.45, 7) is 2.45. The summed E-state index contributed by atoms with van der Waals surface area (Å²) in [5.74, 6) is 0.158. The molecule has 3 heterocycles. The minimum Gasteiger partial charge on any atom is -0.335 e. The van der Waals surface area contributed by atoms with E-state index in [0.29, 0.717) is 6.54 Å². The molecule has 2 aromatic rings. The van der Waals surface area contributed by atoms with Crippen molar-refractivity contribution in [3.05, 3.63) is 36.2 Å². The Morgan fingerprint density at radius 3 is 3.05 bits per heavy atom. The maximum atomic E-state index is 12.2. The molecule has 1 saturated heterocycles. The van der Waals surface area contributed by atoms with Crippen LogP contribution >= 0.6 is 0 Å². The van der Waals surface area contributed by atoms with Gasteiger partial charge < -0.3 is 4.90 Å². The van der Waals surface area contributed by atoms with Crippen molar-refractivity contribution in [1.82, 2.24) is 14.9 Å². The van der Waals surface area contributed by atoms with Crippen LogP contribution in [0.5, 0.6) is 0 Å². The van der Waals surface area contributed by atoms with E-state index in [-0.39, 0.29) is 24.2 Å². The van der Waals surface area contributed by atoms with Gasteiger partial charge in [0, 0.05) is 29.7 Å². The Morgan fingerprint density at radius 1 is 1.36 bits per heavy atom. The highest BCUT2D eigenvalue weighted by molar-refractivity contribution is 5.87. The van der Waals surface area contributed by atoms with Crippen molar-refractivity contribution < 1.29 is 9.59 Å². The summed E-state index contributed by atoms with van der Waals surface area (Å²) in [5.41, 5.74) is 1.71. The number of hydrogen-bond donors (Lipinski definition) is 0. The predicted molar refractivity (Wildman–Crippen MR) is 83.2 cm³/mol. The standard InChI is InChI=1S/C17H19N3O2/c1-12(21)11-20-10-8-14(17(20)22)5-7-15-6-4-13-3-2-9-18-16(13)19-15/h2-4,6,9,14H,5,7-8,10-11H2,1H3. The summed E-state index contributed by atoms with van der Waals surface area (Å²) in [6, 6.07) is 7.89. The minimum absolute atomic E-state index is 0.0144. The molecule has 0 bridgehead atoms. The van der Waals surface area contributed by atoms with Crippen LogP contribution in [0.4, 0.5) is 0 Å². The summed E-state index contributed by atoms with van der Waals surface area (Å²) < 4.78 is 0. The summed E-state index contributed by atoms with van der Waals surface area (Å²) in [4.78, 5) is 33.8. The molecule has 0 saturated carbocycles. The molecule has 0 aromatic carbocycles. The number of aryl methyl sites for hydroxylation is 1. The molecule has 1 aliphatic rings. The number of hydrogen-bond acceptors (Lipinski definition) is 4. The Balaban J connectivity index is 1.62. The van der Waals surface area contributed by atoms with Crippen molar-refractivity contribution in [2.45, 2.75) is 26.2 Å². The third-order valence-corrected chi connectivity index (χ3v) is 4.09. The number of fused-ring (bicyclic) bond motifs is 1. The van der Waals surface area contributed by atoms with Gasteiger partial charge in [-0.2, -0.15) is 0 Å². The van der Waals surface area contributed by atoms with Crippen LogP contribution in [0, 0.1) is 5.92 Å². The van der Waals surface area contributed by atoms with Crippen molar-refractivity contribution in [1.29, 1.82) is 0 Å². The van der Waals surface area contributed by atoms with Crippen LogP contribution in [0.1, 0.15) is 25.5 Å². The molecule has 1 fully saturated rings. The molecule has 3 rings (SSSR count). The van der Waals surface area contributed by atoms with E-state index < -0.39 is 0 Å². The van der Waals surface area contributed by atoms with E-state index in [1.54, 1.807) is 11.1 Å². The molecule has 1 atom stereocenters. The number of nitrogens with zero attached hydrogens (tertiary/aromatic N) is 3. The third-order valence-electron chi connectivity index (χ3n) is 4.09. The first-order valence-electron chi connectivity index (χ1n) is 7.62. The zero-order valence-electron chi connectivity index (χ0n) is 12.7. The molecule has 0 radical (unpaired) electrons. The maximum absolute atomic E-state index is 12.2. The van der Waals surface area contributed by atoms with E-state index in [4.69, 9.17) is 0 Å². The zero-order chi connectivity index (χ0) is 15.5. The second-order valence-electron chi connectivity index (χ2n) is 5.84. The average molecular weight is 297 g/mol. The number of pyridine rings is 2. The molecule has 1 unspecified atom stereocenters. The highest BCUT2D eigenvalue weighted by Crippen LogP contribution is 2.23. The number of ketones is 1. The van der Waals surface area contributed by atoms with E-state index in [1.807, 2.05) is 24.3 Å². The summed E-state index contributed by atoms with van der Waals surface area (Å²) in [6.07, 6.45) is 4.10. The lowest BCUT2D eigenvalue weighted by molar-refractivity contribution is -0.134. The van der Waals surface area contributed by atoms with Crippen LogP contribution in [0.2, 0.25) is 0 Å². The molecule has 114 valence electrons. The SMILES string of the molecule is CC(=O)CN1CCC(CCc2ccc3cccnc3n2)C1=O. The highest BCUT2D eigenvalue weighted by atomic mass is 16.2. The fourth-order valence-electron chi connectivity index (χ4n) is 2.95. The van der Waals surface area contributed by atoms with Crippen molar-refractivity contribution in [2.75, 3.05) is 13.1 Å². The van der Waals surface area contributed by atoms with Gasteiger partial charge in [0.1, 0.15) is 5.78 Å². The Hall–Kier alpha value is -2.30. The van der Waals surface area contributed by atoms with Gasteiger partial charge in [-0.3, -0.25) is 9.59 Å². The van der Waals surface area contributed by atoms with Crippen molar-refractivity contribution in [3.63, 3.8) is 0 Å². The number of amides is 1. The Labute approximate surface area is 129 Å². The Kier molecular flexibility index (Phi) is 4.13. The first-order valence-corrected chi connectivity index (χ1v) is 7.62. The smallest absolute Gasteiger partial charge is 0.226 e. The predicted octanol–water partition coefficient (Wildman–Crippen LogP) is 2.00. The quantitative estimate of drug-likeness (QED) is 0.847. The molecule has 0 aliphatic carbocycles. The second-order valence-corrected chi connectivity index (χ2v) is 5.84. The number of aromatic nitrogens is 2. The van der Waals surface area contributed by atoms with Crippen LogP contribution in [0.25, 0.3) is 11.0 Å². The van der Waals surface area contributed by atoms with Gasteiger partial charge in [0.25, 0.3) is 0 Å². The molecular formula is C17H19N3O2. The molecule has 1 amide bonds. The third kappa shape index (κ3) is 3.13. The number of rotatable bonds is 5. The topological polar surface area (TPSA) is 63.2 Å². The Bertz CT molecular complexity index is 714. The summed E-state index contributed by atoms with van der Waals surface area (Å²) in [7, 11) is 0. The molecule has 0 spiro atoms. The fraction of sp³-hybridized carbons (Fsp3) is 0.412. The van der Waals surface area contributed by atoms with Gasteiger partial charge in [0.15, 0.2) is 5.65 Å². The zero-order valence-corrected chi connectivity index (χ0v) is 12.7. The molecule has 2 aromatic heterocycles. The summed E-state index contributed by atoms with van der Waals surface area (Å²) >= 11 is 0. The lowest BCUT2D eigenvalue weighted by Crippen LogP contribution is -2.31. The molecular weight excluding hydrogens is 278 g/mol. The molecule has 5 nitrogen and oxygen atoms in total. The molecule has 22 heavy (non-hydrogen) atoms. The minimum atomic E-state index is 0.0144. The van der Waals surface area contributed by atoms with Crippen LogP contribution in [-0.4, -0.2) is 39.6 Å². The number of Topliss-reactive ketones (excluding diaryl/α,β-unsaturated/α-hetero) is 1. The largest absolute Gasteiger partial charge is 0.335 e. The number of likely N-dealkylation sites (tertiary alicyclic amines) is 1. The van der Waals surface area contributed by atoms with Gasteiger partial charge in [-0.05, 0) is 50.5 Å². The monoisotopic (exact) mass is 297 g/mol. The number of carbonyl (C=O) groups is 2. The van der Waals surface area contributed by atoms with Gasteiger partial charge in [0.2, 0.25) is 5.91 Å². The average Bonchev–Trinajstić information content (AvgIpc) is 2.85. The maximum Gasteiger partial charge on any atom is 0.226 e. The van der Waals surface area contributed by atoms with E-state index in [9.17, 15) is 9.59 Å². The number of carbonyl (C=O) groups excluding carboxylic acids is 2. The van der Waals surface area contributed by atoms with Crippen molar-refractivity contribution in [2.24, 2.45) is 5.92 Å². The highest BCUT2D eigenvalue weighted by Gasteiger charge is 2.31. The molecule has 5 heteroatoms. The van der Waals surface area contributed by atoms with E-state index in [0.717, 1.165) is 36.0 Å². The van der Waals surface area contributed by atoms with E-state index >= 15 is 0 Å². The molecule has 1 aliphatic heterocycles. The van der Waals surface area contributed by atoms with Gasteiger partial charge in [-0.15, -0.1) is 0 Å². The summed E-state index contributed by atoms with van der Waals surface area (Å²) in [5, 5.41) is 1.02. The normalized spacial score (nSPS) is 18.1. The van der Waals surface area contributed by atoms with Crippen molar-refractivity contribution in [3.8, 4) is 0 Å². The van der Waals surface area contributed by atoms with Crippen LogP contribution in [0.3, 0.4) is 0 Å². The van der Waals surface area contributed by atoms with Crippen LogP contribution in [-0.2, 0) is 16.0 Å². The van der Waals surface area contributed by atoms with Gasteiger partial charge >= 0.3 is 0 Å². The van der Waals surface area contributed by atoms with Gasteiger partial charge in [-0.1, -0.05) is 0 Å². The molecule has 0 N–H and O–H groups in total.